The van der Waals surface area contributed by atoms with E-state index in [9.17, 15) is 9.59 Å². The number of nitrogens with one attached hydrogen (secondary N) is 1. The van der Waals surface area contributed by atoms with Crippen LogP contribution in [0.15, 0.2) is 22.7 Å². The minimum Gasteiger partial charge on any atom is -0.478 e. The van der Waals surface area contributed by atoms with Gasteiger partial charge in [-0.1, -0.05) is 18.0 Å². The largest absolute Gasteiger partial charge is 0.478 e. The summed E-state index contributed by atoms with van der Waals surface area (Å²) in [7, 11) is 0. The molecule has 1 amide bonds. The van der Waals surface area contributed by atoms with Crippen LogP contribution in [0.4, 0.5) is 5.69 Å². The van der Waals surface area contributed by atoms with Gasteiger partial charge in [0.05, 0.1) is 5.56 Å². The first-order valence-electron chi connectivity index (χ1n) is 8.49. The first kappa shape index (κ1) is 17.1. The van der Waals surface area contributed by atoms with E-state index in [0.717, 1.165) is 18.7 Å². The molecule has 2 aromatic rings. The summed E-state index contributed by atoms with van der Waals surface area (Å²) in [4.78, 5) is 27.5. The van der Waals surface area contributed by atoms with Crippen molar-refractivity contribution >= 4 is 17.6 Å². The van der Waals surface area contributed by atoms with Crippen LogP contribution in [-0.4, -0.2) is 27.1 Å². The first-order valence-corrected chi connectivity index (χ1v) is 8.49. The number of amides is 1. The van der Waals surface area contributed by atoms with Gasteiger partial charge in [-0.2, -0.15) is 4.98 Å². The summed E-state index contributed by atoms with van der Waals surface area (Å²) in [6, 6.07) is 4.71. The molecule has 0 radical (unpaired) electrons. The lowest BCUT2D eigenvalue weighted by molar-refractivity contribution is -0.116. The molecular weight excluding hydrogens is 322 g/mol. The van der Waals surface area contributed by atoms with E-state index in [0.29, 0.717) is 29.5 Å². The van der Waals surface area contributed by atoms with Gasteiger partial charge >= 0.3 is 5.97 Å². The summed E-state index contributed by atoms with van der Waals surface area (Å²) in [6.45, 7) is 1.70. The molecule has 1 saturated carbocycles. The van der Waals surface area contributed by atoms with Crippen LogP contribution < -0.4 is 5.32 Å². The number of anilines is 1. The highest BCUT2D eigenvalue weighted by atomic mass is 16.5. The van der Waals surface area contributed by atoms with Crippen LogP contribution in [0.25, 0.3) is 0 Å². The number of carboxylic acids is 1. The second-order valence-corrected chi connectivity index (χ2v) is 6.41. The number of carboxylic acid groups (broad SMARTS) is 1. The van der Waals surface area contributed by atoms with E-state index in [1.54, 1.807) is 19.1 Å². The molecule has 1 fully saturated rings. The lowest BCUT2D eigenvalue weighted by Crippen LogP contribution is -2.13. The molecule has 7 heteroatoms. The molecule has 1 aromatic heterocycles. The van der Waals surface area contributed by atoms with Crippen LogP contribution in [0.1, 0.15) is 65.7 Å². The van der Waals surface area contributed by atoms with Gasteiger partial charge in [-0.25, -0.2) is 4.79 Å². The molecule has 0 aliphatic heterocycles. The van der Waals surface area contributed by atoms with E-state index < -0.39 is 5.97 Å². The molecule has 0 unspecified atom stereocenters. The van der Waals surface area contributed by atoms with E-state index >= 15 is 0 Å². The first-order chi connectivity index (χ1) is 12.0. The number of carbonyl (C=O) groups excluding carboxylic acids is 1. The zero-order valence-electron chi connectivity index (χ0n) is 14.1. The van der Waals surface area contributed by atoms with Crippen LogP contribution in [0, 0.1) is 6.92 Å². The van der Waals surface area contributed by atoms with E-state index in [4.69, 9.17) is 9.63 Å². The van der Waals surface area contributed by atoms with Crippen molar-refractivity contribution in [2.45, 2.75) is 51.4 Å². The minimum atomic E-state index is -0.982. The van der Waals surface area contributed by atoms with Gasteiger partial charge in [-0.15, -0.1) is 0 Å². The summed E-state index contributed by atoms with van der Waals surface area (Å²) in [5.74, 6) is 0.470. The van der Waals surface area contributed by atoms with Crippen molar-refractivity contribution in [3.63, 3.8) is 0 Å². The zero-order valence-corrected chi connectivity index (χ0v) is 14.1. The minimum absolute atomic E-state index is 0.178. The van der Waals surface area contributed by atoms with E-state index in [1.807, 2.05) is 0 Å². The lowest BCUT2D eigenvalue weighted by atomic mass is 10.1. The highest BCUT2D eigenvalue weighted by molar-refractivity contribution is 5.93. The van der Waals surface area contributed by atoms with E-state index in [1.165, 1.54) is 18.9 Å². The highest BCUT2D eigenvalue weighted by Crippen LogP contribution is 2.32. The number of nitrogens with zero attached hydrogens (tertiary/aromatic N) is 2. The third-order valence-corrected chi connectivity index (χ3v) is 4.51. The maximum absolute atomic E-state index is 12.1. The number of aromatic nitrogens is 2. The van der Waals surface area contributed by atoms with Crippen molar-refractivity contribution in [1.82, 2.24) is 10.1 Å². The number of hydrogen-bond donors (Lipinski definition) is 2. The summed E-state index contributed by atoms with van der Waals surface area (Å²) < 4.78 is 5.23. The molecule has 0 saturated heterocycles. The Bertz CT molecular complexity index is 778. The SMILES string of the molecule is Cc1cc(NC(=O)CCc2nc(C3CCCC3)no2)ccc1C(=O)O. The third kappa shape index (κ3) is 4.23. The van der Waals surface area contributed by atoms with Gasteiger partial charge in [0.15, 0.2) is 5.82 Å². The van der Waals surface area contributed by atoms with Crippen LogP contribution in [0.5, 0.6) is 0 Å². The predicted molar refractivity (Wildman–Crippen MR) is 90.6 cm³/mol. The smallest absolute Gasteiger partial charge is 0.335 e. The van der Waals surface area contributed by atoms with Gasteiger partial charge in [0, 0.05) is 24.4 Å². The average molecular weight is 343 g/mol. The van der Waals surface area contributed by atoms with Crippen molar-refractivity contribution in [3.8, 4) is 0 Å². The Morgan fingerprint density at radius 2 is 2.08 bits per heavy atom. The normalized spacial score (nSPS) is 14.6. The quantitative estimate of drug-likeness (QED) is 0.833. The molecule has 1 aliphatic carbocycles. The second-order valence-electron chi connectivity index (χ2n) is 6.41. The number of aromatic carboxylic acids is 1. The molecule has 7 nitrogen and oxygen atoms in total. The summed E-state index contributed by atoms with van der Waals surface area (Å²) in [6.07, 6.45) is 5.23. The van der Waals surface area contributed by atoms with Crippen LogP contribution in [0.2, 0.25) is 0 Å². The van der Waals surface area contributed by atoms with E-state index in [2.05, 4.69) is 15.5 Å². The fourth-order valence-electron chi connectivity index (χ4n) is 3.14. The molecule has 0 bridgehead atoms. The predicted octanol–water partition coefficient (Wildman–Crippen LogP) is 3.31. The Hall–Kier alpha value is -2.70. The monoisotopic (exact) mass is 343 g/mol. The van der Waals surface area contributed by atoms with Gasteiger partial charge in [0.2, 0.25) is 11.8 Å². The highest BCUT2D eigenvalue weighted by Gasteiger charge is 2.22. The van der Waals surface area contributed by atoms with Crippen molar-refractivity contribution < 1.29 is 19.2 Å². The Kier molecular flexibility index (Phi) is 5.11. The van der Waals surface area contributed by atoms with Gasteiger partial charge in [0.1, 0.15) is 0 Å². The van der Waals surface area contributed by atoms with Gasteiger partial charge in [-0.05, 0) is 43.5 Å². The number of carbonyl (C=O) groups is 2. The summed E-state index contributed by atoms with van der Waals surface area (Å²) >= 11 is 0. The van der Waals surface area contributed by atoms with Gasteiger partial charge in [0.25, 0.3) is 0 Å². The van der Waals surface area contributed by atoms with Crippen LogP contribution in [-0.2, 0) is 11.2 Å². The van der Waals surface area contributed by atoms with Gasteiger partial charge in [-0.3, -0.25) is 4.79 Å². The Balaban J connectivity index is 1.53. The molecule has 3 rings (SSSR count). The number of rotatable bonds is 6. The second kappa shape index (κ2) is 7.46. The fraction of sp³-hybridized carbons (Fsp3) is 0.444. The Morgan fingerprint density at radius 3 is 2.76 bits per heavy atom. The van der Waals surface area contributed by atoms with Crippen molar-refractivity contribution in [3.05, 3.63) is 41.0 Å². The van der Waals surface area contributed by atoms with Crippen molar-refractivity contribution in [2.75, 3.05) is 5.32 Å². The number of hydrogen-bond acceptors (Lipinski definition) is 5. The van der Waals surface area contributed by atoms with Crippen LogP contribution >= 0.6 is 0 Å². The van der Waals surface area contributed by atoms with Crippen molar-refractivity contribution in [1.29, 1.82) is 0 Å². The fourth-order valence-corrected chi connectivity index (χ4v) is 3.14. The molecule has 132 valence electrons. The Morgan fingerprint density at radius 1 is 1.32 bits per heavy atom. The van der Waals surface area contributed by atoms with E-state index in [-0.39, 0.29) is 17.9 Å². The molecule has 25 heavy (non-hydrogen) atoms. The molecule has 1 heterocycles. The maximum Gasteiger partial charge on any atom is 0.335 e. The molecule has 0 atom stereocenters. The number of benzene rings is 1. The lowest BCUT2D eigenvalue weighted by Gasteiger charge is -2.07. The molecule has 1 aromatic carbocycles. The standard InChI is InChI=1S/C18H21N3O4/c1-11-10-13(6-7-14(11)18(23)24)19-15(22)8-9-16-20-17(21-25-16)12-4-2-3-5-12/h6-7,10,12H,2-5,8-9H2,1H3,(H,19,22)(H,23,24). The van der Waals surface area contributed by atoms with Crippen molar-refractivity contribution in [2.24, 2.45) is 0 Å². The molecule has 0 spiro atoms. The average Bonchev–Trinajstić information content (AvgIpc) is 3.24. The van der Waals surface area contributed by atoms with Crippen LogP contribution in [0.3, 0.4) is 0 Å². The zero-order chi connectivity index (χ0) is 17.8. The molecule has 1 aliphatic rings. The summed E-state index contributed by atoms with van der Waals surface area (Å²) in [5, 5.41) is 15.8. The maximum atomic E-state index is 12.1. The third-order valence-electron chi connectivity index (χ3n) is 4.51. The number of aryl methyl sites for hydroxylation is 2. The molecule has 2 N–H and O–H groups in total. The topological polar surface area (TPSA) is 105 Å². The summed E-state index contributed by atoms with van der Waals surface area (Å²) in [5.41, 5.74) is 1.40. The van der Waals surface area contributed by atoms with Gasteiger partial charge < -0.3 is 14.9 Å². The Labute approximate surface area is 145 Å². The molecular formula is C18H21N3O4.